The van der Waals surface area contributed by atoms with Gasteiger partial charge in [0.25, 0.3) is 11.8 Å². The SMILES string of the molecule is COCc1nc(OC)c2c(C)c(C(=O)NNC(=O)c3nn(-c4ccccc4)cc3O)sc2n1. The number of carbonyl (C=O) groups is 2. The number of rotatable bonds is 6. The maximum absolute atomic E-state index is 12.8. The van der Waals surface area contributed by atoms with Crippen molar-refractivity contribution in [3.8, 4) is 17.3 Å². The molecule has 170 valence electrons. The van der Waals surface area contributed by atoms with E-state index in [-0.39, 0.29) is 18.1 Å². The van der Waals surface area contributed by atoms with Crippen LogP contribution in [-0.2, 0) is 11.3 Å². The number of amides is 2. The highest BCUT2D eigenvalue weighted by Gasteiger charge is 2.23. The van der Waals surface area contributed by atoms with Crippen molar-refractivity contribution in [2.45, 2.75) is 13.5 Å². The van der Waals surface area contributed by atoms with Crippen molar-refractivity contribution < 1.29 is 24.2 Å². The fourth-order valence-corrected chi connectivity index (χ4v) is 4.26. The van der Waals surface area contributed by atoms with Crippen molar-refractivity contribution in [3.63, 3.8) is 0 Å². The number of para-hydroxylation sites is 1. The number of carbonyl (C=O) groups excluding carboxylic acids is 2. The predicted octanol–water partition coefficient (Wildman–Crippen LogP) is 2.12. The summed E-state index contributed by atoms with van der Waals surface area (Å²) in [5.74, 6) is -0.891. The first kappa shape index (κ1) is 22.2. The van der Waals surface area contributed by atoms with Crippen LogP contribution < -0.4 is 15.6 Å². The zero-order valence-corrected chi connectivity index (χ0v) is 18.8. The Hall–Kier alpha value is -4.03. The summed E-state index contributed by atoms with van der Waals surface area (Å²) in [6.07, 6.45) is 1.31. The Labute approximate surface area is 192 Å². The average molecular weight is 468 g/mol. The number of hydrogen-bond donors (Lipinski definition) is 3. The molecular weight excluding hydrogens is 448 g/mol. The molecule has 0 bridgehead atoms. The molecule has 11 nitrogen and oxygen atoms in total. The number of aromatic nitrogens is 4. The van der Waals surface area contributed by atoms with E-state index in [1.54, 1.807) is 31.2 Å². The highest BCUT2D eigenvalue weighted by Crippen LogP contribution is 2.35. The van der Waals surface area contributed by atoms with E-state index in [4.69, 9.17) is 9.47 Å². The molecule has 0 radical (unpaired) electrons. The summed E-state index contributed by atoms with van der Waals surface area (Å²) >= 11 is 1.13. The van der Waals surface area contributed by atoms with Crippen molar-refractivity contribution in [2.24, 2.45) is 0 Å². The van der Waals surface area contributed by atoms with E-state index >= 15 is 0 Å². The molecule has 0 spiro atoms. The maximum Gasteiger partial charge on any atom is 0.294 e. The van der Waals surface area contributed by atoms with E-state index in [2.05, 4.69) is 25.9 Å². The minimum atomic E-state index is -0.769. The minimum absolute atomic E-state index is 0.194. The smallest absolute Gasteiger partial charge is 0.294 e. The predicted molar refractivity (Wildman–Crippen MR) is 120 cm³/mol. The molecule has 2 amide bonds. The lowest BCUT2D eigenvalue weighted by Crippen LogP contribution is -2.41. The van der Waals surface area contributed by atoms with Gasteiger partial charge in [0.05, 0.1) is 29.3 Å². The molecule has 0 saturated carbocycles. The maximum atomic E-state index is 12.8. The molecule has 1 aromatic carbocycles. The Morgan fingerprint density at radius 2 is 1.85 bits per heavy atom. The molecule has 0 unspecified atom stereocenters. The van der Waals surface area contributed by atoms with Crippen LogP contribution in [0.15, 0.2) is 36.5 Å². The van der Waals surface area contributed by atoms with Gasteiger partial charge in [0.15, 0.2) is 17.3 Å². The quantitative estimate of drug-likeness (QED) is 0.366. The first-order valence-corrected chi connectivity index (χ1v) is 10.5. The fourth-order valence-electron chi connectivity index (χ4n) is 3.17. The van der Waals surface area contributed by atoms with Gasteiger partial charge in [-0.2, -0.15) is 10.1 Å². The van der Waals surface area contributed by atoms with Crippen molar-refractivity contribution in [1.29, 1.82) is 0 Å². The molecule has 12 heteroatoms. The summed E-state index contributed by atoms with van der Waals surface area (Å²) in [6.45, 7) is 1.94. The lowest BCUT2D eigenvalue weighted by molar-refractivity contribution is 0.0844. The highest BCUT2D eigenvalue weighted by molar-refractivity contribution is 7.20. The van der Waals surface area contributed by atoms with E-state index in [0.717, 1.165) is 11.3 Å². The standard InChI is InChI=1S/C21H20N6O5S/c1-11-15-20(32-3)22-14(10-31-2)23-21(15)33-17(11)19(30)25-24-18(29)16-13(28)9-27(26-16)12-7-5-4-6-8-12/h4-9,28H,10H2,1-3H3,(H,24,29)(H,25,30). The van der Waals surface area contributed by atoms with Crippen molar-refractivity contribution in [3.05, 3.63) is 58.5 Å². The normalized spacial score (nSPS) is 10.9. The zero-order chi connectivity index (χ0) is 23.5. The zero-order valence-electron chi connectivity index (χ0n) is 17.9. The molecule has 0 aliphatic carbocycles. The number of fused-ring (bicyclic) bond motifs is 1. The number of thiophene rings is 1. The van der Waals surface area contributed by atoms with Gasteiger partial charge in [0.2, 0.25) is 5.88 Å². The lowest BCUT2D eigenvalue weighted by atomic mass is 10.2. The number of aryl methyl sites for hydroxylation is 1. The van der Waals surface area contributed by atoms with Gasteiger partial charge in [-0.15, -0.1) is 11.3 Å². The molecule has 0 atom stereocenters. The molecule has 33 heavy (non-hydrogen) atoms. The third-order valence-electron chi connectivity index (χ3n) is 4.70. The van der Waals surface area contributed by atoms with Crippen molar-refractivity contribution in [1.82, 2.24) is 30.6 Å². The Morgan fingerprint density at radius 1 is 1.12 bits per heavy atom. The molecule has 3 N–H and O–H groups in total. The van der Waals surface area contributed by atoms with Crippen LogP contribution in [0.1, 0.15) is 31.5 Å². The van der Waals surface area contributed by atoms with Crippen LogP contribution in [0, 0.1) is 6.92 Å². The van der Waals surface area contributed by atoms with Gasteiger partial charge in [0, 0.05) is 7.11 Å². The van der Waals surface area contributed by atoms with Crippen LogP contribution in [-0.4, -0.2) is 50.9 Å². The average Bonchev–Trinajstić information content (AvgIpc) is 3.37. The molecule has 0 aliphatic heterocycles. The second-order valence-corrected chi connectivity index (χ2v) is 7.87. The molecule has 4 aromatic rings. The first-order chi connectivity index (χ1) is 15.9. The van der Waals surface area contributed by atoms with Gasteiger partial charge in [-0.25, -0.2) is 9.67 Å². The van der Waals surface area contributed by atoms with Gasteiger partial charge in [0.1, 0.15) is 11.4 Å². The van der Waals surface area contributed by atoms with Gasteiger partial charge in [-0.3, -0.25) is 20.4 Å². The Morgan fingerprint density at radius 3 is 2.55 bits per heavy atom. The summed E-state index contributed by atoms with van der Waals surface area (Å²) in [5, 5.41) is 14.8. The minimum Gasteiger partial charge on any atom is -0.504 e. The molecule has 0 saturated heterocycles. The summed E-state index contributed by atoms with van der Waals surface area (Å²) < 4.78 is 11.8. The molecule has 3 heterocycles. The number of benzene rings is 1. The van der Waals surface area contributed by atoms with Gasteiger partial charge < -0.3 is 14.6 Å². The first-order valence-electron chi connectivity index (χ1n) is 9.70. The third-order valence-corrected chi connectivity index (χ3v) is 5.88. The van der Waals surface area contributed by atoms with Crippen LogP contribution in [0.5, 0.6) is 11.6 Å². The number of nitrogens with zero attached hydrogens (tertiary/aromatic N) is 4. The lowest BCUT2D eigenvalue weighted by Gasteiger charge is -2.06. The van der Waals surface area contributed by atoms with Gasteiger partial charge in [-0.1, -0.05) is 18.2 Å². The Balaban J connectivity index is 1.53. The Bertz CT molecular complexity index is 1330. The number of methoxy groups -OCH3 is 2. The Kier molecular flexibility index (Phi) is 6.20. The number of hydrazine groups is 1. The summed E-state index contributed by atoms with van der Waals surface area (Å²) in [7, 11) is 3.01. The molecule has 0 fully saturated rings. The summed E-state index contributed by atoms with van der Waals surface area (Å²) in [5.41, 5.74) is 5.67. The number of ether oxygens (including phenoxy) is 2. The van der Waals surface area contributed by atoms with Crippen molar-refractivity contribution in [2.75, 3.05) is 14.2 Å². The number of aromatic hydroxyl groups is 1. The van der Waals surface area contributed by atoms with Crippen LogP contribution in [0.25, 0.3) is 15.9 Å². The van der Waals surface area contributed by atoms with E-state index in [0.29, 0.717) is 38.0 Å². The van der Waals surface area contributed by atoms with Crippen LogP contribution in [0.3, 0.4) is 0 Å². The number of nitrogens with one attached hydrogen (secondary N) is 2. The summed E-state index contributed by atoms with van der Waals surface area (Å²) in [4.78, 5) is 34.9. The van der Waals surface area contributed by atoms with Crippen LogP contribution in [0.2, 0.25) is 0 Å². The van der Waals surface area contributed by atoms with E-state index in [9.17, 15) is 14.7 Å². The third kappa shape index (κ3) is 4.33. The van der Waals surface area contributed by atoms with Gasteiger partial charge in [-0.05, 0) is 24.6 Å². The van der Waals surface area contributed by atoms with E-state index in [1.807, 2.05) is 6.07 Å². The number of hydrogen-bond acceptors (Lipinski definition) is 9. The highest BCUT2D eigenvalue weighted by atomic mass is 32.1. The molecule has 0 aliphatic rings. The largest absolute Gasteiger partial charge is 0.504 e. The second kappa shape index (κ2) is 9.22. The van der Waals surface area contributed by atoms with E-state index < -0.39 is 11.8 Å². The summed E-state index contributed by atoms with van der Waals surface area (Å²) in [6, 6.07) is 8.99. The van der Waals surface area contributed by atoms with Crippen LogP contribution >= 0.6 is 11.3 Å². The van der Waals surface area contributed by atoms with Crippen LogP contribution in [0.4, 0.5) is 0 Å². The molecular formula is C21H20N6O5S. The van der Waals surface area contributed by atoms with E-state index in [1.165, 1.54) is 25.1 Å². The van der Waals surface area contributed by atoms with Crippen molar-refractivity contribution >= 4 is 33.4 Å². The fraction of sp³-hybridized carbons (Fsp3) is 0.190. The topological polar surface area (TPSA) is 140 Å². The molecule has 3 aromatic heterocycles. The molecule has 4 rings (SSSR count). The second-order valence-electron chi connectivity index (χ2n) is 6.87. The monoisotopic (exact) mass is 468 g/mol. The van der Waals surface area contributed by atoms with Gasteiger partial charge >= 0.3 is 0 Å².